The van der Waals surface area contributed by atoms with Crippen LogP contribution >= 0.6 is 0 Å². The minimum absolute atomic E-state index is 0.273. The van der Waals surface area contributed by atoms with E-state index in [0.29, 0.717) is 23.7 Å². The van der Waals surface area contributed by atoms with Crippen molar-refractivity contribution in [3.8, 4) is 0 Å². The minimum Gasteiger partial charge on any atom is -0.405 e. The van der Waals surface area contributed by atoms with Crippen molar-refractivity contribution in [1.29, 1.82) is 0 Å². The average Bonchev–Trinajstić information content (AvgIpc) is 3.57. The molecule has 2 N–H and O–H groups in total. The highest BCUT2D eigenvalue weighted by Gasteiger charge is 2.40. The molecule has 6 aliphatic carbocycles. The van der Waals surface area contributed by atoms with Crippen LogP contribution in [0, 0.1) is 11.8 Å². The van der Waals surface area contributed by atoms with Gasteiger partial charge in [-0.05, 0) is 159 Å². The van der Waals surface area contributed by atoms with Gasteiger partial charge in [0.25, 0.3) is 0 Å². The van der Waals surface area contributed by atoms with E-state index in [1.54, 1.807) is 6.20 Å². The standard InChI is InChI=1S/C57H50N2/c1-37-52-35-45(28-30-55(52)59(54(37)31-32-58)48-15-3-2-4-16-48)41-21-19-40(20-22-41)44-27-29-51-53(36-44)57(47-26-24-39-12-6-8-14-43(39)34-47)50-18-10-9-17-49(50)56(51)46-25-23-38-11-5-7-13-42(38)33-46/h2-5,7-11,13-19,21-29,31-32,34-36,40,46,49,55-56H,6,12,20,30,33,58H2,1H3/b32-31-. The molecule has 4 aromatic carbocycles. The number of benzene rings is 4. The third kappa shape index (κ3) is 6.16. The number of anilines is 1. The van der Waals surface area contributed by atoms with Crippen LogP contribution in [0.15, 0.2) is 204 Å². The van der Waals surface area contributed by atoms with E-state index in [9.17, 15) is 0 Å². The summed E-state index contributed by atoms with van der Waals surface area (Å²) in [6, 6.07) is 34.7. The molecule has 5 unspecified atom stereocenters. The summed E-state index contributed by atoms with van der Waals surface area (Å²) >= 11 is 0. The van der Waals surface area contributed by atoms with Gasteiger partial charge in [0.1, 0.15) is 0 Å². The first-order valence-corrected chi connectivity index (χ1v) is 21.7. The summed E-state index contributed by atoms with van der Waals surface area (Å²) in [6.45, 7) is 2.25. The Kier molecular flexibility index (Phi) is 8.95. The third-order valence-corrected chi connectivity index (χ3v) is 14.0. The highest BCUT2D eigenvalue weighted by atomic mass is 15.2. The van der Waals surface area contributed by atoms with E-state index >= 15 is 0 Å². The summed E-state index contributed by atoms with van der Waals surface area (Å²) in [6.07, 6.45) is 40.2. The number of fused-ring (bicyclic) bond motifs is 5. The Morgan fingerprint density at radius 3 is 2.51 bits per heavy atom. The molecule has 59 heavy (non-hydrogen) atoms. The maximum atomic E-state index is 5.99. The molecule has 0 spiro atoms. The number of aryl methyl sites for hydroxylation is 1. The maximum absolute atomic E-state index is 5.99. The maximum Gasteiger partial charge on any atom is 0.0629 e. The van der Waals surface area contributed by atoms with Crippen molar-refractivity contribution in [3.05, 3.63) is 248 Å². The molecular formula is C57H50N2. The lowest BCUT2D eigenvalue weighted by Gasteiger charge is -2.41. The Balaban J connectivity index is 0.942. The van der Waals surface area contributed by atoms with E-state index < -0.39 is 0 Å². The molecule has 0 saturated heterocycles. The van der Waals surface area contributed by atoms with Crippen molar-refractivity contribution in [2.45, 2.75) is 56.9 Å². The van der Waals surface area contributed by atoms with E-state index in [1.165, 1.54) is 89.3 Å². The molecule has 0 amide bonds. The smallest absolute Gasteiger partial charge is 0.0629 e. The van der Waals surface area contributed by atoms with Crippen molar-refractivity contribution >= 4 is 23.4 Å². The van der Waals surface area contributed by atoms with Crippen molar-refractivity contribution in [1.82, 2.24) is 0 Å². The molecule has 0 aromatic heterocycles. The predicted octanol–water partition coefficient (Wildman–Crippen LogP) is 13.0. The Bertz CT molecular complexity index is 2730. The van der Waals surface area contributed by atoms with Gasteiger partial charge in [-0.25, -0.2) is 0 Å². The molecule has 0 bridgehead atoms. The van der Waals surface area contributed by atoms with Crippen LogP contribution in [-0.2, 0) is 12.8 Å². The second-order valence-corrected chi connectivity index (χ2v) is 17.2. The van der Waals surface area contributed by atoms with E-state index in [-0.39, 0.29) is 6.04 Å². The first-order valence-electron chi connectivity index (χ1n) is 21.7. The summed E-state index contributed by atoms with van der Waals surface area (Å²) in [7, 11) is 0. The number of hydrogen-bond donors (Lipinski definition) is 1. The predicted molar refractivity (Wildman–Crippen MR) is 248 cm³/mol. The molecule has 11 rings (SSSR count). The van der Waals surface area contributed by atoms with Crippen LogP contribution in [0.3, 0.4) is 0 Å². The zero-order valence-electron chi connectivity index (χ0n) is 33.8. The van der Waals surface area contributed by atoms with E-state index in [2.05, 4.69) is 188 Å². The highest BCUT2D eigenvalue weighted by molar-refractivity contribution is 5.89. The Labute approximate surface area is 349 Å². The number of hydrogen-bond acceptors (Lipinski definition) is 2. The van der Waals surface area contributed by atoms with Gasteiger partial charge in [0.05, 0.1) is 6.04 Å². The van der Waals surface area contributed by atoms with Gasteiger partial charge < -0.3 is 10.6 Å². The quantitative estimate of drug-likeness (QED) is 0.212. The molecule has 0 saturated carbocycles. The van der Waals surface area contributed by atoms with Crippen LogP contribution in [0.5, 0.6) is 0 Å². The van der Waals surface area contributed by atoms with Gasteiger partial charge in [-0.15, -0.1) is 0 Å². The SMILES string of the molecule is CC1=C(/C=C\N)N(c2ccccc2)C2CC=C(C3=CCC(c4ccc5c(c4)C(c4ccc6c(c4)C=CCC6)=C4C=CC=CC4C5C4C=Cc5ccccc5C4)C=C3)C=C12. The lowest BCUT2D eigenvalue weighted by Crippen LogP contribution is -2.31. The monoisotopic (exact) mass is 762 g/mol. The van der Waals surface area contributed by atoms with Crippen LogP contribution in [0.4, 0.5) is 5.69 Å². The average molecular weight is 763 g/mol. The summed E-state index contributed by atoms with van der Waals surface area (Å²) < 4.78 is 0. The molecule has 0 radical (unpaired) electrons. The fourth-order valence-corrected chi connectivity index (χ4v) is 11.1. The molecular weight excluding hydrogens is 713 g/mol. The summed E-state index contributed by atoms with van der Waals surface area (Å²) in [5.41, 5.74) is 27.8. The van der Waals surface area contributed by atoms with Gasteiger partial charge in [-0.2, -0.15) is 0 Å². The molecule has 1 heterocycles. The van der Waals surface area contributed by atoms with Gasteiger partial charge in [-0.1, -0.05) is 146 Å². The van der Waals surface area contributed by atoms with Crippen LogP contribution in [-0.4, -0.2) is 6.04 Å². The number of nitrogens with two attached hydrogens (primary N) is 1. The molecule has 7 aliphatic rings. The lowest BCUT2D eigenvalue weighted by molar-refractivity contribution is 0.433. The third-order valence-electron chi connectivity index (χ3n) is 14.0. The zero-order chi connectivity index (χ0) is 39.5. The Morgan fingerprint density at radius 2 is 1.63 bits per heavy atom. The number of para-hydroxylation sites is 1. The zero-order valence-corrected chi connectivity index (χ0v) is 33.8. The van der Waals surface area contributed by atoms with Crippen molar-refractivity contribution in [2.75, 3.05) is 4.90 Å². The molecule has 1 aliphatic heterocycles. The van der Waals surface area contributed by atoms with Gasteiger partial charge in [0.15, 0.2) is 0 Å². The van der Waals surface area contributed by atoms with Crippen molar-refractivity contribution in [3.63, 3.8) is 0 Å². The molecule has 288 valence electrons. The fraction of sp³-hybridized carbons (Fsp3) is 0.193. The summed E-state index contributed by atoms with van der Waals surface area (Å²) in [5, 5.41) is 0. The first-order chi connectivity index (χ1) is 29.1. The van der Waals surface area contributed by atoms with E-state index in [1.807, 2.05) is 0 Å². The lowest BCUT2D eigenvalue weighted by atomic mass is 9.62. The second-order valence-electron chi connectivity index (χ2n) is 17.2. The topological polar surface area (TPSA) is 29.3 Å². The molecule has 2 nitrogen and oxygen atoms in total. The van der Waals surface area contributed by atoms with Crippen LogP contribution < -0.4 is 10.6 Å². The minimum atomic E-state index is 0.273. The van der Waals surface area contributed by atoms with Crippen molar-refractivity contribution < 1.29 is 0 Å². The van der Waals surface area contributed by atoms with Crippen LogP contribution in [0.1, 0.15) is 82.5 Å². The molecule has 0 fully saturated rings. The molecule has 4 aromatic rings. The second kappa shape index (κ2) is 14.8. The number of rotatable bonds is 6. The van der Waals surface area contributed by atoms with Crippen molar-refractivity contribution in [2.24, 2.45) is 17.6 Å². The number of nitrogens with zero attached hydrogens (tertiary/aromatic N) is 1. The fourth-order valence-electron chi connectivity index (χ4n) is 11.1. The van der Waals surface area contributed by atoms with Crippen LogP contribution in [0.2, 0.25) is 0 Å². The van der Waals surface area contributed by atoms with E-state index in [4.69, 9.17) is 5.73 Å². The normalized spacial score (nSPS) is 25.0. The number of allylic oxidation sites excluding steroid dienone is 14. The van der Waals surface area contributed by atoms with Gasteiger partial charge >= 0.3 is 0 Å². The Hall–Kier alpha value is -6.38. The summed E-state index contributed by atoms with van der Waals surface area (Å²) in [5.74, 6) is 1.40. The molecule has 5 atom stereocenters. The van der Waals surface area contributed by atoms with Gasteiger partial charge in [0.2, 0.25) is 0 Å². The van der Waals surface area contributed by atoms with Gasteiger partial charge in [-0.3, -0.25) is 0 Å². The largest absolute Gasteiger partial charge is 0.405 e. The Morgan fingerprint density at radius 1 is 0.746 bits per heavy atom. The van der Waals surface area contributed by atoms with E-state index in [0.717, 1.165) is 32.1 Å². The first kappa shape index (κ1) is 35.8. The van der Waals surface area contributed by atoms with Crippen LogP contribution in [0.25, 0.3) is 17.7 Å². The highest BCUT2D eigenvalue weighted by Crippen LogP contribution is 2.53. The van der Waals surface area contributed by atoms with Gasteiger partial charge in [0, 0.05) is 29.1 Å². The molecule has 2 heteroatoms. The summed E-state index contributed by atoms with van der Waals surface area (Å²) in [4.78, 5) is 2.45.